The summed E-state index contributed by atoms with van der Waals surface area (Å²) in [6.07, 6.45) is -7.03. The Morgan fingerprint density at radius 1 is 1.20 bits per heavy atom. The minimum Gasteiger partial charge on any atom is -0.194 e. The minimum absolute atomic E-state index is 0.258. The van der Waals surface area contributed by atoms with Crippen LogP contribution < -0.4 is 0 Å². The minimum atomic E-state index is -4.81. The van der Waals surface area contributed by atoms with E-state index in [1.54, 1.807) is 0 Å². The number of hydrogen-bond donors (Lipinski definition) is 0. The molecule has 1 rings (SSSR count). The Kier molecular flexibility index (Phi) is 2.93. The van der Waals surface area contributed by atoms with Gasteiger partial charge in [-0.05, 0) is 12.1 Å². The SMILES string of the molecule is N#Cc1ccc([C](F)F)cc1C(F)(F)F. The molecular weight excluding hydrogens is 217 g/mol. The van der Waals surface area contributed by atoms with Gasteiger partial charge in [0, 0.05) is 5.56 Å². The van der Waals surface area contributed by atoms with Crippen molar-refractivity contribution in [1.82, 2.24) is 0 Å². The third-order valence-electron chi connectivity index (χ3n) is 1.66. The van der Waals surface area contributed by atoms with Crippen LogP contribution in [0, 0.1) is 17.8 Å². The largest absolute Gasteiger partial charge is 0.417 e. The Morgan fingerprint density at radius 2 is 1.80 bits per heavy atom. The Bertz CT molecular complexity index is 402. The number of rotatable bonds is 1. The third kappa shape index (κ3) is 2.43. The van der Waals surface area contributed by atoms with Crippen molar-refractivity contribution in [3.8, 4) is 6.07 Å². The van der Waals surface area contributed by atoms with Crippen LogP contribution in [0.25, 0.3) is 0 Å². The van der Waals surface area contributed by atoms with Crippen molar-refractivity contribution in [2.75, 3.05) is 0 Å². The van der Waals surface area contributed by atoms with Crippen molar-refractivity contribution in [2.45, 2.75) is 6.18 Å². The second kappa shape index (κ2) is 3.85. The number of hydrogen-bond acceptors (Lipinski definition) is 1. The average Bonchev–Trinajstić information content (AvgIpc) is 2.15. The van der Waals surface area contributed by atoms with Crippen LogP contribution in [0.5, 0.6) is 0 Å². The molecule has 0 heterocycles. The zero-order chi connectivity index (χ0) is 11.6. The molecule has 0 unspecified atom stereocenters. The second-order valence-corrected chi connectivity index (χ2v) is 2.63. The zero-order valence-electron chi connectivity index (χ0n) is 7.07. The molecule has 6 heteroatoms. The van der Waals surface area contributed by atoms with Crippen LogP contribution in [0.1, 0.15) is 16.7 Å². The molecule has 0 aliphatic heterocycles. The van der Waals surface area contributed by atoms with Crippen molar-refractivity contribution in [3.63, 3.8) is 0 Å². The van der Waals surface area contributed by atoms with Crippen LogP contribution in [0.2, 0.25) is 0 Å². The molecule has 0 aromatic heterocycles. The van der Waals surface area contributed by atoms with Crippen LogP contribution in [0.4, 0.5) is 22.0 Å². The van der Waals surface area contributed by atoms with Crippen molar-refractivity contribution < 1.29 is 22.0 Å². The molecule has 0 amide bonds. The van der Waals surface area contributed by atoms with Gasteiger partial charge in [-0.15, -0.1) is 0 Å². The maximum absolute atomic E-state index is 12.3. The standard InChI is InChI=1S/C9H3F5N/c10-8(11)5-1-2-6(4-15)7(3-5)9(12,13)14/h1-3H. The predicted molar refractivity (Wildman–Crippen MR) is 40.7 cm³/mol. The number of nitriles is 1. The molecule has 0 aliphatic rings. The molecule has 0 fully saturated rings. The smallest absolute Gasteiger partial charge is 0.194 e. The van der Waals surface area contributed by atoms with Gasteiger partial charge in [-0.3, -0.25) is 0 Å². The maximum Gasteiger partial charge on any atom is 0.417 e. The molecule has 0 saturated carbocycles. The van der Waals surface area contributed by atoms with Gasteiger partial charge >= 0.3 is 12.6 Å². The highest BCUT2D eigenvalue weighted by atomic mass is 19.4. The van der Waals surface area contributed by atoms with E-state index in [2.05, 4.69) is 0 Å². The number of alkyl halides is 3. The van der Waals surface area contributed by atoms with E-state index in [9.17, 15) is 22.0 Å². The molecule has 1 aromatic rings. The highest BCUT2D eigenvalue weighted by Crippen LogP contribution is 2.34. The molecule has 0 N–H and O–H groups in total. The number of benzene rings is 1. The predicted octanol–water partition coefficient (Wildman–Crippen LogP) is 3.35. The average molecular weight is 220 g/mol. The molecule has 0 aliphatic carbocycles. The lowest BCUT2D eigenvalue weighted by molar-refractivity contribution is -0.137. The first kappa shape index (κ1) is 11.4. The summed E-state index contributed by atoms with van der Waals surface area (Å²) in [4.78, 5) is 0. The lowest BCUT2D eigenvalue weighted by Gasteiger charge is -2.09. The quantitative estimate of drug-likeness (QED) is 0.665. The van der Waals surface area contributed by atoms with Crippen LogP contribution >= 0.6 is 0 Å². The van der Waals surface area contributed by atoms with Crippen LogP contribution in [-0.4, -0.2) is 0 Å². The van der Waals surface area contributed by atoms with Gasteiger partial charge in [-0.2, -0.15) is 27.2 Å². The molecule has 79 valence electrons. The van der Waals surface area contributed by atoms with E-state index in [1.165, 1.54) is 6.07 Å². The molecule has 0 spiro atoms. The summed E-state index contributed by atoms with van der Waals surface area (Å²) in [6, 6.07) is 3.04. The molecule has 0 saturated heterocycles. The Labute approximate surface area is 81.7 Å². The fourth-order valence-corrected chi connectivity index (χ4v) is 0.994. The third-order valence-corrected chi connectivity index (χ3v) is 1.66. The summed E-state index contributed by atoms with van der Waals surface area (Å²) in [7, 11) is 0. The highest BCUT2D eigenvalue weighted by molar-refractivity contribution is 5.43. The van der Waals surface area contributed by atoms with Crippen LogP contribution in [-0.2, 0) is 6.18 Å². The fourth-order valence-electron chi connectivity index (χ4n) is 0.994. The molecule has 1 radical (unpaired) electrons. The van der Waals surface area contributed by atoms with Gasteiger partial charge in [-0.1, -0.05) is 6.07 Å². The normalized spacial score (nSPS) is 11.5. The van der Waals surface area contributed by atoms with Gasteiger partial charge in [0.2, 0.25) is 0 Å². The summed E-state index contributed by atoms with van der Waals surface area (Å²) in [5.74, 6) is 0. The van der Waals surface area contributed by atoms with E-state index in [0.717, 1.165) is 12.1 Å². The van der Waals surface area contributed by atoms with Gasteiger partial charge in [0.05, 0.1) is 17.2 Å². The van der Waals surface area contributed by atoms with Gasteiger partial charge in [-0.25, -0.2) is 0 Å². The van der Waals surface area contributed by atoms with Crippen molar-refractivity contribution in [1.29, 1.82) is 5.26 Å². The van der Waals surface area contributed by atoms with E-state index >= 15 is 0 Å². The van der Waals surface area contributed by atoms with Crippen molar-refractivity contribution >= 4 is 0 Å². The summed E-state index contributed by atoms with van der Waals surface area (Å²) >= 11 is 0. The summed E-state index contributed by atoms with van der Waals surface area (Å²) in [5.41, 5.74) is -2.86. The molecule has 1 nitrogen and oxygen atoms in total. The summed E-state index contributed by atoms with van der Waals surface area (Å²) in [6.45, 7) is 0. The van der Waals surface area contributed by atoms with Crippen molar-refractivity contribution in [3.05, 3.63) is 41.3 Å². The zero-order valence-corrected chi connectivity index (χ0v) is 7.07. The first-order valence-electron chi connectivity index (χ1n) is 3.66. The fraction of sp³-hybridized carbons (Fsp3) is 0.111. The van der Waals surface area contributed by atoms with Gasteiger partial charge in [0.15, 0.2) is 0 Å². The lowest BCUT2D eigenvalue weighted by atomic mass is 10.0. The molecule has 1 aromatic carbocycles. The van der Waals surface area contributed by atoms with E-state index in [4.69, 9.17) is 5.26 Å². The monoisotopic (exact) mass is 220 g/mol. The number of nitrogens with zero attached hydrogens (tertiary/aromatic N) is 1. The Morgan fingerprint density at radius 3 is 2.20 bits per heavy atom. The van der Waals surface area contributed by atoms with Crippen LogP contribution in [0.15, 0.2) is 18.2 Å². The number of halogens is 5. The molecule has 0 atom stereocenters. The van der Waals surface area contributed by atoms with Gasteiger partial charge in [0.25, 0.3) is 0 Å². The summed E-state index contributed by atoms with van der Waals surface area (Å²) in [5, 5.41) is 8.37. The van der Waals surface area contributed by atoms with E-state index < -0.39 is 29.3 Å². The first-order chi connectivity index (χ1) is 6.86. The van der Waals surface area contributed by atoms with Crippen molar-refractivity contribution in [2.24, 2.45) is 0 Å². The lowest BCUT2D eigenvalue weighted by Crippen LogP contribution is -2.08. The van der Waals surface area contributed by atoms with E-state index in [1.807, 2.05) is 0 Å². The molecular formula is C9H3F5N. The second-order valence-electron chi connectivity index (χ2n) is 2.63. The van der Waals surface area contributed by atoms with E-state index in [-0.39, 0.29) is 6.07 Å². The summed E-state index contributed by atoms with van der Waals surface area (Å²) < 4.78 is 60.9. The first-order valence-corrected chi connectivity index (χ1v) is 3.66. The van der Waals surface area contributed by atoms with Gasteiger partial charge in [0.1, 0.15) is 0 Å². The Balaban J connectivity index is 3.34. The Hall–Kier alpha value is -1.64. The topological polar surface area (TPSA) is 23.8 Å². The van der Waals surface area contributed by atoms with Crippen LogP contribution in [0.3, 0.4) is 0 Å². The molecule has 0 bridgehead atoms. The molecule has 15 heavy (non-hydrogen) atoms. The highest BCUT2D eigenvalue weighted by Gasteiger charge is 2.34. The van der Waals surface area contributed by atoms with Gasteiger partial charge < -0.3 is 0 Å². The maximum atomic E-state index is 12.3. The van der Waals surface area contributed by atoms with E-state index in [0.29, 0.717) is 0 Å².